The molecule has 0 spiro atoms. The molecule has 0 aliphatic rings. The molecule has 28 heavy (non-hydrogen) atoms. The molecule has 0 aliphatic carbocycles. The van der Waals surface area contributed by atoms with Crippen LogP contribution in [0.25, 0.3) is 0 Å². The molecule has 0 unspecified atom stereocenters. The van der Waals surface area contributed by atoms with Gasteiger partial charge in [0.05, 0.1) is 24.3 Å². The summed E-state index contributed by atoms with van der Waals surface area (Å²) in [4.78, 5) is 36.9. The van der Waals surface area contributed by atoms with Crippen molar-refractivity contribution in [2.75, 3.05) is 19.0 Å². The summed E-state index contributed by atoms with van der Waals surface area (Å²) in [6.45, 7) is 6.97. The summed E-state index contributed by atoms with van der Waals surface area (Å²) in [5, 5.41) is 3.12. The Kier molecular flexibility index (Phi) is 7.17. The lowest BCUT2D eigenvalue weighted by molar-refractivity contribution is -0.118. The minimum atomic E-state index is -0.498. The van der Waals surface area contributed by atoms with Crippen LogP contribution in [0.4, 0.5) is 5.00 Å². The fourth-order valence-electron chi connectivity index (χ4n) is 2.34. The summed E-state index contributed by atoms with van der Waals surface area (Å²) in [6.07, 6.45) is -0.202. The SMILES string of the molecule is COC(=O)c1c(NC(=O)COc2ccc(C(=O)OC(C)C)cc2)sc(C)c1C. The Labute approximate surface area is 167 Å². The molecule has 8 heteroatoms. The highest BCUT2D eigenvalue weighted by Gasteiger charge is 2.21. The molecule has 0 saturated carbocycles. The van der Waals surface area contributed by atoms with E-state index in [-0.39, 0.29) is 12.7 Å². The minimum absolute atomic E-state index is 0.202. The molecule has 1 amide bonds. The van der Waals surface area contributed by atoms with Crippen molar-refractivity contribution >= 4 is 34.2 Å². The first kappa shape index (κ1) is 21.4. The molecule has 2 rings (SSSR count). The van der Waals surface area contributed by atoms with Crippen molar-refractivity contribution in [1.82, 2.24) is 0 Å². The second-order valence-corrected chi connectivity index (χ2v) is 7.52. The fraction of sp³-hybridized carbons (Fsp3) is 0.350. The van der Waals surface area contributed by atoms with Crippen LogP contribution in [0, 0.1) is 13.8 Å². The molecule has 1 heterocycles. The van der Waals surface area contributed by atoms with E-state index in [4.69, 9.17) is 14.2 Å². The van der Waals surface area contributed by atoms with Gasteiger partial charge in [0.15, 0.2) is 6.61 Å². The quantitative estimate of drug-likeness (QED) is 0.706. The van der Waals surface area contributed by atoms with Crippen molar-refractivity contribution in [3.63, 3.8) is 0 Å². The second-order valence-electron chi connectivity index (χ2n) is 6.29. The number of thiophene rings is 1. The number of hydrogen-bond donors (Lipinski definition) is 1. The smallest absolute Gasteiger partial charge is 0.341 e. The van der Waals surface area contributed by atoms with E-state index in [0.29, 0.717) is 21.9 Å². The predicted molar refractivity (Wildman–Crippen MR) is 106 cm³/mol. The van der Waals surface area contributed by atoms with Crippen LogP contribution in [0.5, 0.6) is 5.75 Å². The Hall–Kier alpha value is -2.87. The van der Waals surface area contributed by atoms with E-state index >= 15 is 0 Å². The molecular weight excluding hydrogens is 382 g/mol. The third-order valence-electron chi connectivity index (χ3n) is 3.83. The first-order chi connectivity index (χ1) is 13.2. The van der Waals surface area contributed by atoms with Crippen LogP contribution in [-0.2, 0) is 14.3 Å². The third-order valence-corrected chi connectivity index (χ3v) is 4.95. The Bertz CT molecular complexity index is 870. The Morgan fingerprint density at radius 2 is 1.71 bits per heavy atom. The number of aryl methyl sites for hydroxylation is 1. The molecule has 1 N–H and O–H groups in total. The molecule has 150 valence electrons. The average molecular weight is 405 g/mol. The molecule has 0 aliphatic heterocycles. The molecule has 1 aromatic carbocycles. The summed E-state index contributed by atoms with van der Waals surface area (Å²) in [5.41, 5.74) is 1.53. The van der Waals surface area contributed by atoms with E-state index in [1.807, 2.05) is 6.92 Å². The van der Waals surface area contributed by atoms with Crippen LogP contribution < -0.4 is 10.1 Å². The zero-order valence-electron chi connectivity index (χ0n) is 16.5. The highest BCUT2D eigenvalue weighted by Crippen LogP contribution is 2.32. The predicted octanol–water partition coefficient (Wildman–Crippen LogP) is 3.73. The number of benzene rings is 1. The number of rotatable bonds is 7. The van der Waals surface area contributed by atoms with Gasteiger partial charge in [-0.05, 0) is 57.5 Å². The third kappa shape index (κ3) is 5.32. The number of methoxy groups -OCH3 is 1. The van der Waals surface area contributed by atoms with Gasteiger partial charge in [-0.1, -0.05) is 0 Å². The normalized spacial score (nSPS) is 10.5. The summed E-state index contributed by atoms with van der Waals surface area (Å²) >= 11 is 1.30. The first-order valence-electron chi connectivity index (χ1n) is 8.65. The highest BCUT2D eigenvalue weighted by molar-refractivity contribution is 7.16. The number of nitrogens with one attached hydrogen (secondary N) is 1. The van der Waals surface area contributed by atoms with Gasteiger partial charge in [0.25, 0.3) is 5.91 Å². The number of carbonyl (C=O) groups excluding carboxylic acids is 3. The summed E-state index contributed by atoms with van der Waals surface area (Å²) in [7, 11) is 1.30. The Morgan fingerprint density at radius 1 is 1.07 bits per heavy atom. The maximum absolute atomic E-state index is 12.2. The molecular formula is C20H23NO6S. The van der Waals surface area contributed by atoms with E-state index in [1.54, 1.807) is 45.0 Å². The molecule has 0 saturated heterocycles. The molecule has 1 aromatic heterocycles. The molecule has 0 radical (unpaired) electrons. The van der Waals surface area contributed by atoms with E-state index in [9.17, 15) is 14.4 Å². The minimum Gasteiger partial charge on any atom is -0.484 e. The highest BCUT2D eigenvalue weighted by atomic mass is 32.1. The van der Waals surface area contributed by atoms with Crippen molar-refractivity contribution in [2.24, 2.45) is 0 Å². The van der Waals surface area contributed by atoms with E-state index in [2.05, 4.69) is 5.32 Å². The standard InChI is InChI=1S/C20H23NO6S/c1-11(2)27-19(23)14-6-8-15(9-7-14)26-10-16(22)21-18-17(20(24)25-5)12(3)13(4)28-18/h6-9,11H,10H2,1-5H3,(H,21,22). The number of amides is 1. The summed E-state index contributed by atoms with van der Waals surface area (Å²) in [6, 6.07) is 6.31. The van der Waals surface area contributed by atoms with Crippen LogP contribution >= 0.6 is 11.3 Å². The summed E-state index contributed by atoms with van der Waals surface area (Å²) < 4.78 is 15.3. The monoisotopic (exact) mass is 405 g/mol. The number of anilines is 1. The van der Waals surface area contributed by atoms with Gasteiger partial charge in [-0.25, -0.2) is 9.59 Å². The van der Waals surface area contributed by atoms with Crippen LogP contribution in [0.2, 0.25) is 0 Å². The lowest BCUT2D eigenvalue weighted by Gasteiger charge is -2.10. The molecule has 0 fully saturated rings. The van der Waals surface area contributed by atoms with Gasteiger partial charge in [0.1, 0.15) is 10.8 Å². The lowest BCUT2D eigenvalue weighted by Crippen LogP contribution is -2.21. The lowest BCUT2D eigenvalue weighted by atomic mass is 10.1. The zero-order chi connectivity index (χ0) is 20.8. The van der Waals surface area contributed by atoms with Gasteiger partial charge >= 0.3 is 11.9 Å². The zero-order valence-corrected chi connectivity index (χ0v) is 17.3. The van der Waals surface area contributed by atoms with Gasteiger partial charge < -0.3 is 19.5 Å². The molecule has 0 atom stereocenters. The van der Waals surface area contributed by atoms with Crippen LogP contribution in [-0.4, -0.2) is 37.7 Å². The topological polar surface area (TPSA) is 90.9 Å². The fourth-order valence-corrected chi connectivity index (χ4v) is 3.41. The van der Waals surface area contributed by atoms with Crippen molar-refractivity contribution in [3.8, 4) is 5.75 Å². The van der Waals surface area contributed by atoms with E-state index < -0.39 is 17.8 Å². The largest absolute Gasteiger partial charge is 0.484 e. The number of carbonyl (C=O) groups is 3. The van der Waals surface area contributed by atoms with Gasteiger partial charge in [-0.2, -0.15) is 0 Å². The molecule has 7 nitrogen and oxygen atoms in total. The van der Waals surface area contributed by atoms with Gasteiger partial charge in [-0.15, -0.1) is 11.3 Å². The molecule has 2 aromatic rings. The molecule has 0 bridgehead atoms. The maximum Gasteiger partial charge on any atom is 0.341 e. The Morgan fingerprint density at radius 3 is 2.29 bits per heavy atom. The van der Waals surface area contributed by atoms with Crippen LogP contribution in [0.3, 0.4) is 0 Å². The first-order valence-corrected chi connectivity index (χ1v) is 9.46. The number of ether oxygens (including phenoxy) is 3. The van der Waals surface area contributed by atoms with E-state index in [1.165, 1.54) is 18.4 Å². The van der Waals surface area contributed by atoms with Gasteiger partial charge in [0.2, 0.25) is 0 Å². The number of esters is 2. The Balaban J connectivity index is 1.97. The van der Waals surface area contributed by atoms with Gasteiger partial charge in [-0.3, -0.25) is 4.79 Å². The summed E-state index contributed by atoms with van der Waals surface area (Å²) in [5.74, 6) is -0.891. The second kappa shape index (κ2) is 9.36. The van der Waals surface area contributed by atoms with E-state index in [0.717, 1.165) is 10.4 Å². The van der Waals surface area contributed by atoms with Crippen LogP contribution in [0.15, 0.2) is 24.3 Å². The van der Waals surface area contributed by atoms with Gasteiger partial charge in [0, 0.05) is 4.88 Å². The van der Waals surface area contributed by atoms with Crippen molar-refractivity contribution in [3.05, 3.63) is 45.8 Å². The maximum atomic E-state index is 12.2. The van der Waals surface area contributed by atoms with Crippen LogP contribution in [0.1, 0.15) is 45.0 Å². The van der Waals surface area contributed by atoms with Crippen molar-refractivity contribution < 1.29 is 28.6 Å². The van der Waals surface area contributed by atoms with Crippen molar-refractivity contribution in [2.45, 2.75) is 33.8 Å². The average Bonchev–Trinajstić information content (AvgIpc) is 2.92. The van der Waals surface area contributed by atoms with Crippen molar-refractivity contribution in [1.29, 1.82) is 0 Å². The number of hydrogen-bond acceptors (Lipinski definition) is 7.